The maximum absolute atomic E-state index is 12.7. The Labute approximate surface area is 169 Å². The second-order valence-electron chi connectivity index (χ2n) is 6.04. The molecule has 4 heteroatoms. The largest absolute Gasteiger partial charge is 0.497 e. The van der Waals surface area contributed by atoms with Crippen LogP contribution in [0.2, 0.25) is 5.02 Å². The van der Waals surface area contributed by atoms with Crippen LogP contribution in [0.1, 0.15) is 21.5 Å². The molecule has 1 amide bonds. The molecule has 0 spiro atoms. The Balaban J connectivity index is 1.86. The van der Waals surface area contributed by atoms with E-state index in [1.807, 2.05) is 72.8 Å². The van der Waals surface area contributed by atoms with Crippen LogP contribution in [0.25, 0.3) is 11.8 Å². The van der Waals surface area contributed by atoms with Gasteiger partial charge in [0.15, 0.2) is 0 Å². The van der Waals surface area contributed by atoms with Crippen LogP contribution >= 0.6 is 11.6 Å². The zero-order valence-corrected chi connectivity index (χ0v) is 16.2. The molecule has 28 heavy (non-hydrogen) atoms. The van der Waals surface area contributed by atoms with Crippen molar-refractivity contribution in [1.29, 1.82) is 0 Å². The summed E-state index contributed by atoms with van der Waals surface area (Å²) < 4.78 is 5.22. The molecule has 0 bridgehead atoms. The van der Waals surface area contributed by atoms with Crippen molar-refractivity contribution in [1.82, 2.24) is 5.32 Å². The van der Waals surface area contributed by atoms with Crippen molar-refractivity contribution in [3.8, 4) is 5.75 Å². The van der Waals surface area contributed by atoms with Gasteiger partial charge in [-0.1, -0.05) is 54.1 Å². The quantitative estimate of drug-likeness (QED) is 0.538. The van der Waals surface area contributed by atoms with E-state index in [2.05, 4.69) is 5.32 Å². The van der Waals surface area contributed by atoms with E-state index in [1.54, 1.807) is 31.4 Å². The van der Waals surface area contributed by atoms with Crippen molar-refractivity contribution in [3.05, 3.63) is 113 Å². The fourth-order valence-corrected chi connectivity index (χ4v) is 2.72. The zero-order chi connectivity index (χ0) is 19.8. The van der Waals surface area contributed by atoms with Gasteiger partial charge in [0.05, 0.1) is 7.11 Å². The molecule has 0 fully saturated rings. The number of hydrogen-bond donors (Lipinski definition) is 1. The number of carbonyl (C=O) groups is 1. The van der Waals surface area contributed by atoms with Crippen molar-refractivity contribution in [2.75, 3.05) is 7.11 Å². The van der Waals surface area contributed by atoms with Gasteiger partial charge in [-0.15, -0.1) is 0 Å². The first-order valence-corrected chi connectivity index (χ1v) is 9.18. The molecule has 3 nitrogen and oxygen atoms in total. The molecule has 3 aromatic carbocycles. The summed E-state index contributed by atoms with van der Waals surface area (Å²) >= 11 is 5.91. The minimum Gasteiger partial charge on any atom is -0.497 e. The third kappa shape index (κ3) is 5.35. The predicted molar refractivity (Wildman–Crippen MR) is 115 cm³/mol. The molecular weight excluding hydrogens is 370 g/mol. The van der Waals surface area contributed by atoms with E-state index in [0.717, 1.165) is 16.9 Å². The van der Waals surface area contributed by atoms with Gasteiger partial charge in [-0.05, 0) is 65.7 Å². The Morgan fingerprint density at radius 2 is 1.54 bits per heavy atom. The normalized spacial score (nSPS) is 11.4. The van der Waals surface area contributed by atoms with Gasteiger partial charge in [-0.2, -0.15) is 0 Å². The number of allylic oxidation sites excluding steroid dienone is 2. The lowest BCUT2D eigenvalue weighted by atomic mass is 10.1. The molecule has 3 aromatic rings. The highest BCUT2D eigenvalue weighted by Gasteiger charge is 2.09. The summed E-state index contributed by atoms with van der Waals surface area (Å²) in [5.74, 6) is 0.554. The molecule has 0 aliphatic rings. The summed E-state index contributed by atoms with van der Waals surface area (Å²) in [5.41, 5.74) is 3.18. The van der Waals surface area contributed by atoms with Crippen LogP contribution in [0.3, 0.4) is 0 Å². The summed E-state index contributed by atoms with van der Waals surface area (Å²) in [7, 11) is 1.62. The summed E-state index contributed by atoms with van der Waals surface area (Å²) in [4.78, 5) is 12.7. The minimum absolute atomic E-state index is 0.202. The van der Waals surface area contributed by atoms with Crippen molar-refractivity contribution in [3.63, 3.8) is 0 Å². The molecule has 0 aromatic heterocycles. The van der Waals surface area contributed by atoms with Gasteiger partial charge < -0.3 is 10.1 Å². The van der Waals surface area contributed by atoms with E-state index in [0.29, 0.717) is 16.3 Å². The maximum Gasteiger partial charge on any atom is 0.255 e. The molecule has 0 aliphatic heterocycles. The lowest BCUT2D eigenvalue weighted by Gasteiger charge is -2.11. The Kier molecular flexibility index (Phi) is 6.66. The third-order valence-corrected chi connectivity index (χ3v) is 4.36. The average molecular weight is 390 g/mol. The number of benzene rings is 3. The molecule has 0 saturated carbocycles. The third-order valence-electron chi connectivity index (χ3n) is 4.11. The average Bonchev–Trinajstić information content (AvgIpc) is 2.74. The van der Waals surface area contributed by atoms with Crippen LogP contribution in [0.15, 0.2) is 91.0 Å². The number of nitrogens with one attached hydrogen (secondary N) is 1. The van der Waals surface area contributed by atoms with Crippen molar-refractivity contribution in [2.24, 2.45) is 0 Å². The Morgan fingerprint density at radius 3 is 2.18 bits per heavy atom. The van der Waals surface area contributed by atoms with Gasteiger partial charge in [0.2, 0.25) is 0 Å². The fraction of sp³-hybridized carbons (Fsp3) is 0.0417. The van der Waals surface area contributed by atoms with Crippen LogP contribution < -0.4 is 10.1 Å². The molecule has 140 valence electrons. The molecule has 0 saturated heterocycles. The van der Waals surface area contributed by atoms with E-state index in [9.17, 15) is 4.79 Å². The number of methoxy groups -OCH3 is 1. The second kappa shape index (κ2) is 9.58. The van der Waals surface area contributed by atoms with Gasteiger partial charge in [0, 0.05) is 16.3 Å². The Hall–Kier alpha value is -3.30. The highest BCUT2D eigenvalue weighted by molar-refractivity contribution is 6.30. The second-order valence-corrected chi connectivity index (χ2v) is 6.48. The number of hydrogen-bond acceptors (Lipinski definition) is 2. The smallest absolute Gasteiger partial charge is 0.255 e. The Bertz CT molecular complexity index is 975. The molecular formula is C24H20ClNO2. The molecule has 0 unspecified atom stereocenters. The highest BCUT2D eigenvalue weighted by atomic mass is 35.5. The monoisotopic (exact) mass is 389 g/mol. The van der Waals surface area contributed by atoms with E-state index in [1.165, 1.54) is 0 Å². The topological polar surface area (TPSA) is 38.3 Å². The number of rotatable bonds is 6. The molecule has 0 heterocycles. The van der Waals surface area contributed by atoms with E-state index in [-0.39, 0.29) is 5.91 Å². The standard InChI is InChI=1S/C24H20ClNO2/c1-28-22-16-12-19(13-17-22)23(9-5-8-18-6-3-2-4-7-18)26-24(27)20-10-14-21(25)15-11-20/h2-17H,1H3,(H,26,27)/b8-5+,23-9+. The molecule has 3 rings (SSSR count). The minimum atomic E-state index is -0.202. The summed E-state index contributed by atoms with van der Waals surface area (Å²) in [5, 5.41) is 3.57. The number of amides is 1. The van der Waals surface area contributed by atoms with E-state index >= 15 is 0 Å². The van der Waals surface area contributed by atoms with Crippen LogP contribution in [-0.2, 0) is 0 Å². The molecule has 0 radical (unpaired) electrons. The van der Waals surface area contributed by atoms with Gasteiger partial charge >= 0.3 is 0 Å². The van der Waals surface area contributed by atoms with Gasteiger partial charge in [-0.3, -0.25) is 4.79 Å². The highest BCUT2D eigenvalue weighted by Crippen LogP contribution is 2.18. The lowest BCUT2D eigenvalue weighted by Crippen LogP contribution is -2.21. The van der Waals surface area contributed by atoms with Crippen molar-refractivity contribution in [2.45, 2.75) is 0 Å². The molecule has 0 atom stereocenters. The zero-order valence-electron chi connectivity index (χ0n) is 15.4. The first-order chi connectivity index (χ1) is 13.7. The van der Waals surface area contributed by atoms with Gasteiger partial charge in [-0.25, -0.2) is 0 Å². The van der Waals surface area contributed by atoms with Gasteiger partial charge in [0.1, 0.15) is 5.75 Å². The van der Waals surface area contributed by atoms with Crippen LogP contribution in [0.4, 0.5) is 0 Å². The lowest BCUT2D eigenvalue weighted by molar-refractivity contribution is 0.0973. The van der Waals surface area contributed by atoms with Crippen LogP contribution in [-0.4, -0.2) is 13.0 Å². The SMILES string of the molecule is COc1ccc(/C(=C\C=C\c2ccccc2)NC(=O)c2ccc(Cl)cc2)cc1. The molecule has 1 N–H and O–H groups in total. The fourth-order valence-electron chi connectivity index (χ4n) is 2.60. The number of ether oxygens (including phenoxy) is 1. The molecule has 0 aliphatic carbocycles. The van der Waals surface area contributed by atoms with E-state index in [4.69, 9.17) is 16.3 Å². The van der Waals surface area contributed by atoms with Crippen molar-refractivity contribution < 1.29 is 9.53 Å². The summed E-state index contributed by atoms with van der Waals surface area (Å²) in [6.45, 7) is 0. The predicted octanol–water partition coefficient (Wildman–Crippen LogP) is 5.83. The number of halogens is 1. The van der Waals surface area contributed by atoms with E-state index < -0.39 is 0 Å². The Morgan fingerprint density at radius 1 is 0.893 bits per heavy atom. The van der Waals surface area contributed by atoms with Gasteiger partial charge in [0.25, 0.3) is 5.91 Å². The first-order valence-electron chi connectivity index (χ1n) is 8.80. The van der Waals surface area contributed by atoms with Crippen LogP contribution in [0, 0.1) is 0 Å². The number of carbonyl (C=O) groups excluding carboxylic acids is 1. The first kappa shape index (κ1) is 19.5. The summed E-state index contributed by atoms with van der Waals surface area (Å²) in [6.07, 6.45) is 5.78. The maximum atomic E-state index is 12.7. The summed E-state index contributed by atoms with van der Waals surface area (Å²) in [6, 6.07) is 24.3. The van der Waals surface area contributed by atoms with Crippen LogP contribution in [0.5, 0.6) is 5.75 Å². The van der Waals surface area contributed by atoms with Crippen molar-refractivity contribution >= 4 is 29.3 Å².